The summed E-state index contributed by atoms with van der Waals surface area (Å²) < 4.78 is 0. The largest absolute Gasteiger partial charge is 0.477 e. The monoisotopic (exact) mass is 488 g/mol. The molecule has 2 aromatic carbocycles. The number of hydrogen-bond acceptors (Lipinski definition) is 9. The van der Waals surface area contributed by atoms with Crippen LogP contribution in [-0.4, -0.2) is 38.4 Å². The average molecular weight is 489 g/mol. The summed E-state index contributed by atoms with van der Waals surface area (Å²) in [6, 6.07) is 18.9. The van der Waals surface area contributed by atoms with Crippen LogP contribution in [0, 0.1) is 6.92 Å². The Morgan fingerprint density at radius 1 is 1.03 bits per heavy atom. The number of nitrogens with zero attached hydrogens (tertiary/aromatic N) is 5. The number of thiazole rings is 2. The molecule has 0 saturated heterocycles. The number of carbonyl (C=O) groups excluding carboxylic acids is 1. The van der Waals surface area contributed by atoms with Gasteiger partial charge in [0, 0.05) is 16.5 Å². The van der Waals surface area contributed by atoms with E-state index in [1.165, 1.54) is 16.3 Å². The minimum absolute atomic E-state index is 0.0763. The first-order valence-electron chi connectivity index (χ1n) is 10.1. The van der Waals surface area contributed by atoms with Crippen molar-refractivity contribution in [1.82, 2.24) is 9.97 Å². The number of aryl methyl sites for hydroxylation is 1. The number of hydrazone groups is 2. The Kier molecular flexibility index (Phi) is 5.70. The molecule has 0 saturated carbocycles. The van der Waals surface area contributed by atoms with Crippen molar-refractivity contribution in [2.75, 3.05) is 10.4 Å². The fourth-order valence-corrected chi connectivity index (χ4v) is 4.79. The zero-order valence-corrected chi connectivity index (χ0v) is 19.3. The number of carboxylic acid groups (broad SMARTS) is 1. The molecule has 0 spiro atoms. The van der Waals surface area contributed by atoms with Crippen LogP contribution in [0.25, 0.3) is 11.3 Å². The lowest BCUT2D eigenvalue weighted by atomic mass is 10.1. The summed E-state index contributed by atoms with van der Waals surface area (Å²) in [4.78, 5) is 33.5. The number of nitrogens with one attached hydrogen (secondary N) is 1. The normalized spacial score (nSPS) is 14.5. The van der Waals surface area contributed by atoms with E-state index < -0.39 is 11.9 Å². The van der Waals surface area contributed by atoms with Crippen molar-refractivity contribution in [2.24, 2.45) is 10.2 Å². The topological polar surface area (TPSA) is 120 Å². The van der Waals surface area contributed by atoms with Gasteiger partial charge in [-0.2, -0.15) is 15.2 Å². The van der Waals surface area contributed by atoms with Crippen LogP contribution in [0.2, 0.25) is 0 Å². The van der Waals surface area contributed by atoms with E-state index in [0.717, 1.165) is 22.6 Å². The van der Waals surface area contributed by atoms with Gasteiger partial charge in [0.2, 0.25) is 10.3 Å². The predicted octanol–water partition coefficient (Wildman–Crippen LogP) is 4.49. The second-order valence-corrected chi connectivity index (χ2v) is 8.96. The second kappa shape index (κ2) is 8.96. The molecule has 5 rings (SSSR count). The highest BCUT2D eigenvalue weighted by Gasteiger charge is 2.36. The number of aromatic nitrogens is 2. The van der Waals surface area contributed by atoms with Crippen LogP contribution in [0.4, 0.5) is 10.3 Å². The third-order valence-electron chi connectivity index (χ3n) is 4.86. The molecule has 4 aromatic rings. The molecule has 0 atom stereocenters. The molecule has 2 N–H and O–H groups in total. The van der Waals surface area contributed by atoms with Crippen molar-refractivity contribution in [3.8, 4) is 11.3 Å². The van der Waals surface area contributed by atoms with E-state index in [2.05, 4.69) is 25.6 Å². The first-order valence-corrected chi connectivity index (χ1v) is 11.7. The van der Waals surface area contributed by atoms with Crippen LogP contribution in [0.15, 0.2) is 76.2 Å². The molecule has 1 amide bonds. The Morgan fingerprint density at radius 3 is 2.35 bits per heavy atom. The standard InChI is InChI=1S/C23H16N6O3S2/c1-13-19(21(31)32)34-22(24-13)27-26-18-17(15-10-6-3-7-11-15)28-29(20(18)30)23-25-16(12-33-23)14-8-4-2-5-9-14/h2-12H,1H3,(H,24,27)(H,31,32)/b26-18-. The summed E-state index contributed by atoms with van der Waals surface area (Å²) in [6.07, 6.45) is 0. The van der Waals surface area contributed by atoms with E-state index in [1.807, 2.05) is 66.0 Å². The number of carbonyl (C=O) groups is 2. The molecule has 0 fully saturated rings. The number of aromatic carboxylic acids is 1. The summed E-state index contributed by atoms with van der Waals surface area (Å²) in [6.45, 7) is 1.60. The van der Waals surface area contributed by atoms with E-state index in [-0.39, 0.29) is 15.7 Å². The first kappa shape index (κ1) is 21.6. The van der Waals surface area contributed by atoms with Gasteiger partial charge in [-0.25, -0.2) is 14.8 Å². The van der Waals surface area contributed by atoms with E-state index in [9.17, 15) is 14.7 Å². The molecule has 0 aliphatic carbocycles. The smallest absolute Gasteiger partial charge is 0.347 e. The van der Waals surface area contributed by atoms with Gasteiger partial charge in [0.25, 0.3) is 0 Å². The molecule has 34 heavy (non-hydrogen) atoms. The van der Waals surface area contributed by atoms with Crippen molar-refractivity contribution in [3.63, 3.8) is 0 Å². The molecule has 1 aliphatic heterocycles. The molecule has 3 heterocycles. The Hall–Kier alpha value is -4.22. The summed E-state index contributed by atoms with van der Waals surface area (Å²) in [7, 11) is 0. The number of carboxylic acids is 1. The number of rotatable bonds is 6. The van der Waals surface area contributed by atoms with Crippen LogP contribution in [0.5, 0.6) is 0 Å². The Balaban J connectivity index is 1.49. The molecule has 0 unspecified atom stereocenters. The van der Waals surface area contributed by atoms with Crippen LogP contribution in [-0.2, 0) is 4.79 Å². The lowest BCUT2D eigenvalue weighted by Crippen LogP contribution is -2.28. The SMILES string of the molecule is Cc1nc(N/N=C2\C(=O)N(c3nc(-c4ccccc4)cs3)N=C2c2ccccc2)sc1C(=O)O. The van der Waals surface area contributed by atoms with E-state index in [1.54, 1.807) is 6.92 Å². The molecule has 11 heteroatoms. The van der Waals surface area contributed by atoms with Crippen molar-refractivity contribution in [2.45, 2.75) is 6.92 Å². The van der Waals surface area contributed by atoms with Crippen LogP contribution >= 0.6 is 22.7 Å². The summed E-state index contributed by atoms with van der Waals surface area (Å²) in [5, 5.41) is 21.8. The quantitative estimate of drug-likeness (QED) is 0.386. The highest BCUT2D eigenvalue weighted by Crippen LogP contribution is 2.30. The average Bonchev–Trinajstić information content (AvgIpc) is 3.56. The van der Waals surface area contributed by atoms with Gasteiger partial charge in [-0.05, 0) is 6.92 Å². The van der Waals surface area contributed by atoms with Gasteiger partial charge >= 0.3 is 11.9 Å². The zero-order valence-electron chi connectivity index (χ0n) is 17.7. The molecule has 1 aliphatic rings. The molecular weight excluding hydrogens is 472 g/mol. The first-order chi connectivity index (χ1) is 16.5. The number of benzene rings is 2. The van der Waals surface area contributed by atoms with Crippen molar-refractivity contribution in [1.29, 1.82) is 0 Å². The number of hydrogen-bond donors (Lipinski definition) is 2. The van der Waals surface area contributed by atoms with Gasteiger partial charge in [0.15, 0.2) is 5.71 Å². The highest BCUT2D eigenvalue weighted by atomic mass is 32.1. The molecule has 0 bridgehead atoms. The van der Waals surface area contributed by atoms with Crippen LogP contribution in [0.1, 0.15) is 20.9 Å². The second-order valence-electron chi connectivity index (χ2n) is 7.12. The third-order valence-corrected chi connectivity index (χ3v) is 6.73. The Labute approximate surface area is 201 Å². The van der Waals surface area contributed by atoms with E-state index in [0.29, 0.717) is 22.1 Å². The van der Waals surface area contributed by atoms with Gasteiger partial charge in [-0.15, -0.1) is 11.3 Å². The fraction of sp³-hybridized carbons (Fsp3) is 0.0435. The van der Waals surface area contributed by atoms with Crippen molar-refractivity contribution >= 4 is 56.2 Å². The zero-order chi connectivity index (χ0) is 23.7. The minimum atomic E-state index is -1.07. The Bertz CT molecular complexity index is 1440. The van der Waals surface area contributed by atoms with Gasteiger partial charge < -0.3 is 5.11 Å². The lowest BCUT2D eigenvalue weighted by Gasteiger charge is -2.06. The maximum Gasteiger partial charge on any atom is 0.347 e. The maximum absolute atomic E-state index is 13.3. The van der Waals surface area contributed by atoms with Gasteiger partial charge in [-0.3, -0.25) is 10.2 Å². The molecule has 0 radical (unpaired) electrons. The summed E-state index contributed by atoms with van der Waals surface area (Å²) >= 11 is 2.25. The predicted molar refractivity (Wildman–Crippen MR) is 133 cm³/mol. The van der Waals surface area contributed by atoms with Crippen molar-refractivity contribution < 1.29 is 14.7 Å². The lowest BCUT2D eigenvalue weighted by molar-refractivity contribution is -0.112. The van der Waals surface area contributed by atoms with Gasteiger partial charge in [-0.1, -0.05) is 72.0 Å². The summed E-state index contributed by atoms with van der Waals surface area (Å²) in [5.74, 6) is -1.52. The van der Waals surface area contributed by atoms with E-state index >= 15 is 0 Å². The fourth-order valence-electron chi connectivity index (χ4n) is 3.26. The number of anilines is 2. The highest BCUT2D eigenvalue weighted by molar-refractivity contribution is 7.17. The van der Waals surface area contributed by atoms with Gasteiger partial charge in [0.1, 0.15) is 10.6 Å². The maximum atomic E-state index is 13.3. The number of amides is 1. The van der Waals surface area contributed by atoms with E-state index in [4.69, 9.17) is 0 Å². The summed E-state index contributed by atoms with van der Waals surface area (Å²) in [5.41, 5.74) is 5.93. The molecule has 168 valence electrons. The van der Waals surface area contributed by atoms with Crippen LogP contribution < -0.4 is 10.4 Å². The Morgan fingerprint density at radius 2 is 1.71 bits per heavy atom. The minimum Gasteiger partial charge on any atom is -0.477 e. The van der Waals surface area contributed by atoms with Crippen LogP contribution in [0.3, 0.4) is 0 Å². The molecule has 9 nitrogen and oxygen atoms in total. The third kappa shape index (κ3) is 4.09. The molecular formula is C23H16N6O3S2. The van der Waals surface area contributed by atoms with Crippen molar-refractivity contribution in [3.05, 3.63) is 82.2 Å². The van der Waals surface area contributed by atoms with Gasteiger partial charge in [0.05, 0.1) is 11.4 Å². The molecule has 2 aromatic heterocycles.